The van der Waals surface area contributed by atoms with Gasteiger partial charge in [-0.25, -0.2) is 4.79 Å². The molecule has 7 heteroatoms. The molecular formula is C24H32O7. The quantitative estimate of drug-likeness (QED) is 0.613. The molecule has 3 saturated carbocycles. The summed E-state index contributed by atoms with van der Waals surface area (Å²) in [7, 11) is 0. The van der Waals surface area contributed by atoms with Crippen LogP contribution in [0.15, 0.2) is 23.8 Å². The van der Waals surface area contributed by atoms with Gasteiger partial charge in [-0.05, 0) is 63.5 Å². The number of aliphatic carboxylic acids is 1. The molecule has 1 saturated heterocycles. The molecule has 0 radical (unpaired) electrons. The lowest BCUT2D eigenvalue weighted by molar-refractivity contribution is -0.251. The van der Waals surface area contributed by atoms with Crippen LogP contribution in [0.25, 0.3) is 0 Å². The largest absolute Gasteiger partial charge is 0.479 e. The Hall–Kier alpha value is -1.54. The Kier molecular flexibility index (Phi) is 4.32. The fourth-order valence-corrected chi connectivity index (χ4v) is 8.15. The summed E-state index contributed by atoms with van der Waals surface area (Å²) in [6, 6.07) is 0. The number of hydrogen-bond acceptors (Lipinski definition) is 6. The predicted molar refractivity (Wildman–Crippen MR) is 110 cm³/mol. The van der Waals surface area contributed by atoms with Crippen LogP contribution in [0.1, 0.15) is 53.4 Å². The van der Waals surface area contributed by atoms with E-state index < -0.39 is 46.5 Å². The Bertz CT molecular complexity index is 906. The summed E-state index contributed by atoms with van der Waals surface area (Å²) in [5.41, 5.74) is -1.53. The SMILES string of the molecule is CC1(C)O[C@@H]2C[C@H]3[C@@H]4CCC5=CC(=O)C=C[C@]5(C)[C@H]4[C@@H](O)C[C@]3(C)[C@]2([C@H](O)C(=O)O)O1. The summed E-state index contributed by atoms with van der Waals surface area (Å²) in [6.07, 6.45) is 4.68. The molecule has 0 spiro atoms. The molecule has 5 rings (SSSR count). The minimum atomic E-state index is -1.75. The molecule has 3 N–H and O–H groups in total. The number of ketones is 1. The Morgan fingerprint density at radius 3 is 2.65 bits per heavy atom. The van der Waals surface area contributed by atoms with E-state index in [4.69, 9.17) is 9.47 Å². The van der Waals surface area contributed by atoms with Crippen molar-refractivity contribution in [1.82, 2.24) is 0 Å². The van der Waals surface area contributed by atoms with Gasteiger partial charge in [-0.3, -0.25) is 4.79 Å². The van der Waals surface area contributed by atoms with Crippen LogP contribution in [-0.2, 0) is 19.1 Å². The maximum atomic E-state index is 12.0. The Balaban J connectivity index is 1.60. The van der Waals surface area contributed by atoms with E-state index in [2.05, 4.69) is 6.92 Å². The lowest BCUT2D eigenvalue weighted by Gasteiger charge is -2.60. The van der Waals surface area contributed by atoms with Crippen molar-refractivity contribution < 1.29 is 34.4 Å². The standard InChI is InChI=1S/C24H32O7/c1-21(2)30-17-10-15-14-6-5-12-9-13(25)7-8-22(12,3)18(14)16(26)11-23(15,4)24(17,31-21)19(27)20(28)29/h7-9,14-19,26-27H,5-6,10-11H2,1-4H3,(H,28,29)/t14-,15-,16-,17+,18+,19+,22-,23-,24-/m0/s1. The van der Waals surface area contributed by atoms with Crippen LogP contribution >= 0.6 is 0 Å². The van der Waals surface area contributed by atoms with Gasteiger partial charge < -0.3 is 24.8 Å². The van der Waals surface area contributed by atoms with E-state index in [9.17, 15) is 24.9 Å². The third-order valence-corrected chi connectivity index (χ3v) is 9.21. The van der Waals surface area contributed by atoms with Gasteiger partial charge in [-0.15, -0.1) is 0 Å². The Labute approximate surface area is 182 Å². The van der Waals surface area contributed by atoms with Gasteiger partial charge in [0.1, 0.15) is 5.60 Å². The second-order valence-electron chi connectivity index (χ2n) is 11.1. The summed E-state index contributed by atoms with van der Waals surface area (Å²) in [5.74, 6) is -2.31. The van der Waals surface area contributed by atoms with Gasteiger partial charge in [-0.1, -0.05) is 25.5 Å². The highest BCUT2D eigenvalue weighted by Crippen LogP contribution is 2.70. The number of hydrogen-bond donors (Lipinski definition) is 3. The van der Waals surface area contributed by atoms with Gasteiger partial charge in [0, 0.05) is 16.7 Å². The molecule has 1 aliphatic heterocycles. The van der Waals surface area contributed by atoms with Gasteiger partial charge in [0.05, 0.1) is 12.2 Å². The monoisotopic (exact) mass is 432 g/mol. The van der Waals surface area contributed by atoms with Crippen molar-refractivity contribution in [1.29, 1.82) is 0 Å². The number of carboxylic acid groups (broad SMARTS) is 1. The van der Waals surface area contributed by atoms with Crippen molar-refractivity contribution >= 4 is 11.8 Å². The number of ether oxygens (including phenoxy) is 2. The second kappa shape index (κ2) is 6.28. The predicted octanol–water partition coefficient (Wildman–Crippen LogP) is 2.21. The number of carboxylic acids is 1. The molecule has 0 aromatic carbocycles. The highest BCUT2D eigenvalue weighted by atomic mass is 16.8. The molecular weight excluding hydrogens is 400 g/mol. The van der Waals surface area contributed by atoms with Crippen molar-refractivity contribution in [2.24, 2.45) is 28.6 Å². The van der Waals surface area contributed by atoms with Crippen molar-refractivity contribution in [2.45, 2.75) is 83.1 Å². The molecule has 1 heterocycles. The highest BCUT2D eigenvalue weighted by Gasteiger charge is 2.77. The molecule has 7 nitrogen and oxygen atoms in total. The smallest absolute Gasteiger partial charge is 0.335 e. The summed E-state index contributed by atoms with van der Waals surface area (Å²) < 4.78 is 12.5. The van der Waals surface area contributed by atoms with Crippen LogP contribution in [0, 0.1) is 28.6 Å². The normalized spacial score (nSPS) is 50.7. The molecule has 0 bridgehead atoms. The fourth-order valence-electron chi connectivity index (χ4n) is 8.15. The van der Waals surface area contributed by atoms with E-state index in [1.807, 2.05) is 13.0 Å². The minimum Gasteiger partial charge on any atom is -0.479 e. The summed E-state index contributed by atoms with van der Waals surface area (Å²) in [4.78, 5) is 24.0. The number of carbonyl (C=O) groups is 2. The van der Waals surface area contributed by atoms with Crippen LogP contribution in [0.3, 0.4) is 0 Å². The van der Waals surface area contributed by atoms with E-state index in [0.29, 0.717) is 12.8 Å². The third kappa shape index (κ3) is 2.55. The first-order valence-corrected chi connectivity index (χ1v) is 11.3. The van der Waals surface area contributed by atoms with Gasteiger partial charge in [0.25, 0.3) is 0 Å². The molecule has 0 unspecified atom stereocenters. The van der Waals surface area contributed by atoms with Gasteiger partial charge in [0.15, 0.2) is 17.7 Å². The van der Waals surface area contributed by atoms with Crippen LogP contribution in [-0.4, -0.2) is 56.8 Å². The van der Waals surface area contributed by atoms with Crippen LogP contribution in [0.4, 0.5) is 0 Å². The van der Waals surface area contributed by atoms with E-state index >= 15 is 0 Å². The maximum Gasteiger partial charge on any atom is 0.335 e. The topological polar surface area (TPSA) is 113 Å². The number of fused-ring (bicyclic) bond motifs is 7. The van der Waals surface area contributed by atoms with E-state index in [1.54, 1.807) is 26.0 Å². The molecule has 5 aliphatic rings. The van der Waals surface area contributed by atoms with Crippen molar-refractivity contribution in [3.05, 3.63) is 23.8 Å². The zero-order valence-electron chi connectivity index (χ0n) is 18.5. The van der Waals surface area contributed by atoms with E-state index in [-0.39, 0.29) is 23.5 Å². The third-order valence-electron chi connectivity index (χ3n) is 9.21. The molecule has 170 valence electrons. The zero-order valence-corrected chi connectivity index (χ0v) is 18.5. The number of aliphatic hydroxyl groups is 2. The lowest BCUT2D eigenvalue weighted by Crippen LogP contribution is -2.65. The first kappa shape index (κ1) is 21.3. The van der Waals surface area contributed by atoms with Crippen LogP contribution < -0.4 is 0 Å². The van der Waals surface area contributed by atoms with Gasteiger partial charge in [0.2, 0.25) is 0 Å². The summed E-state index contributed by atoms with van der Waals surface area (Å²) in [5, 5.41) is 32.2. The van der Waals surface area contributed by atoms with E-state index in [1.165, 1.54) is 0 Å². The van der Waals surface area contributed by atoms with Crippen LogP contribution in [0.5, 0.6) is 0 Å². The Morgan fingerprint density at radius 1 is 1.26 bits per heavy atom. The van der Waals surface area contributed by atoms with E-state index in [0.717, 1.165) is 18.4 Å². The summed E-state index contributed by atoms with van der Waals surface area (Å²) in [6.45, 7) is 7.54. The average molecular weight is 433 g/mol. The summed E-state index contributed by atoms with van der Waals surface area (Å²) >= 11 is 0. The number of allylic oxidation sites excluding steroid dienone is 4. The van der Waals surface area contributed by atoms with Crippen LogP contribution in [0.2, 0.25) is 0 Å². The molecule has 0 amide bonds. The maximum absolute atomic E-state index is 12.0. The lowest BCUT2D eigenvalue weighted by atomic mass is 9.46. The number of aliphatic hydroxyl groups excluding tert-OH is 2. The molecule has 9 atom stereocenters. The fraction of sp³-hybridized carbons (Fsp3) is 0.750. The van der Waals surface area contributed by atoms with Gasteiger partial charge in [-0.2, -0.15) is 0 Å². The molecule has 31 heavy (non-hydrogen) atoms. The number of rotatable bonds is 2. The average Bonchev–Trinajstić information content (AvgIpc) is 3.07. The van der Waals surface area contributed by atoms with Crippen molar-refractivity contribution in [3.63, 3.8) is 0 Å². The first-order valence-electron chi connectivity index (χ1n) is 11.3. The highest BCUT2D eigenvalue weighted by molar-refractivity contribution is 6.01. The zero-order chi connectivity index (χ0) is 22.6. The van der Waals surface area contributed by atoms with Crippen molar-refractivity contribution in [3.8, 4) is 0 Å². The minimum absolute atomic E-state index is 0.0102. The molecule has 0 aromatic heterocycles. The Morgan fingerprint density at radius 2 is 1.97 bits per heavy atom. The van der Waals surface area contributed by atoms with Gasteiger partial charge >= 0.3 is 5.97 Å². The molecule has 4 aliphatic carbocycles. The van der Waals surface area contributed by atoms with Crippen molar-refractivity contribution in [2.75, 3.05) is 0 Å². The first-order chi connectivity index (χ1) is 14.4. The number of carbonyl (C=O) groups excluding carboxylic acids is 1. The molecule has 0 aromatic rings. The molecule has 4 fully saturated rings. The second-order valence-corrected chi connectivity index (χ2v) is 11.1.